The third kappa shape index (κ3) is 5.05. The first-order valence-electron chi connectivity index (χ1n) is 12.0. The molecule has 2 heterocycles. The van der Waals surface area contributed by atoms with Crippen LogP contribution in [0.15, 0.2) is 23.0 Å². The summed E-state index contributed by atoms with van der Waals surface area (Å²) in [5.41, 5.74) is 2.10. The van der Waals surface area contributed by atoms with E-state index in [1.165, 1.54) is 9.56 Å². The van der Waals surface area contributed by atoms with Crippen molar-refractivity contribution in [3.63, 3.8) is 0 Å². The second-order valence-electron chi connectivity index (χ2n) is 10.2. The lowest BCUT2D eigenvalue weighted by molar-refractivity contribution is -0.124. The van der Waals surface area contributed by atoms with Crippen molar-refractivity contribution in [2.24, 2.45) is 11.3 Å². The van der Waals surface area contributed by atoms with Crippen molar-refractivity contribution >= 4 is 27.5 Å². The van der Waals surface area contributed by atoms with Gasteiger partial charge in [-0.3, -0.25) is 9.59 Å². The molecule has 0 radical (unpaired) electrons. The number of hydrogen-bond acceptors (Lipinski definition) is 7. The van der Waals surface area contributed by atoms with Crippen molar-refractivity contribution < 1.29 is 14.3 Å². The third-order valence-electron chi connectivity index (χ3n) is 7.03. The minimum absolute atomic E-state index is 0.225. The molecule has 35 heavy (non-hydrogen) atoms. The number of nitrogens with one attached hydrogen (secondary N) is 1. The first-order chi connectivity index (χ1) is 16.6. The van der Waals surface area contributed by atoms with Crippen LogP contribution < -0.4 is 20.3 Å². The summed E-state index contributed by atoms with van der Waals surface area (Å²) >= 11 is 1.57. The van der Waals surface area contributed by atoms with Crippen LogP contribution in [0.4, 0.5) is 0 Å². The van der Waals surface area contributed by atoms with Crippen molar-refractivity contribution in [3.8, 4) is 11.5 Å². The van der Waals surface area contributed by atoms with Gasteiger partial charge in [0.15, 0.2) is 16.3 Å². The predicted octanol–water partition coefficient (Wildman–Crippen LogP) is 3.94. The SMILES string of the molecule is COc1ccc(CCNC(=O)C(C)n2nnc3sc4c(c3c2=O)CCC(C(C)(C)C)C4)cc1OC. The second kappa shape index (κ2) is 9.97. The molecule has 0 saturated carbocycles. The number of methoxy groups -OCH3 is 2. The van der Waals surface area contributed by atoms with Gasteiger partial charge in [0, 0.05) is 11.4 Å². The Labute approximate surface area is 209 Å². The zero-order valence-electron chi connectivity index (χ0n) is 21.3. The van der Waals surface area contributed by atoms with E-state index in [0.29, 0.717) is 40.6 Å². The Hall–Kier alpha value is -2.94. The molecule has 0 fully saturated rings. The fourth-order valence-electron chi connectivity index (χ4n) is 4.72. The van der Waals surface area contributed by atoms with E-state index in [1.807, 2.05) is 18.2 Å². The summed E-state index contributed by atoms with van der Waals surface area (Å²) in [4.78, 5) is 28.1. The number of aromatic nitrogens is 3. The number of aryl methyl sites for hydroxylation is 1. The highest BCUT2D eigenvalue weighted by Crippen LogP contribution is 2.41. The first-order valence-corrected chi connectivity index (χ1v) is 12.8. The molecule has 9 heteroatoms. The molecule has 188 valence electrons. The van der Waals surface area contributed by atoms with E-state index >= 15 is 0 Å². The Bertz CT molecular complexity index is 1290. The van der Waals surface area contributed by atoms with Gasteiger partial charge in [0.05, 0.1) is 19.6 Å². The highest BCUT2D eigenvalue weighted by Gasteiger charge is 2.32. The first kappa shape index (κ1) is 25.2. The molecule has 1 amide bonds. The summed E-state index contributed by atoms with van der Waals surface area (Å²) in [7, 11) is 3.18. The normalized spacial score (nSPS) is 16.6. The molecular weight excluding hydrogens is 464 g/mol. The van der Waals surface area contributed by atoms with Crippen LogP contribution in [0.1, 0.15) is 56.2 Å². The van der Waals surface area contributed by atoms with E-state index in [4.69, 9.17) is 9.47 Å². The van der Waals surface area contributed by atoms with Gasteiger partial charge in [-0.25, -0.2) is 0 Å². The number of rotatable bonds is 7. The molecule has 1 aromatic carbocycles. The largest absolute Gasteiger partial charge is 0.493 e. The third-order valence-corrected chi connectivity index (χ3v) is 8.17. The second-order valence-corrected chi connectivity index (χ2v) is 11.3. The minimum Gasteiger partial charge on any atom is -0.493 e. The van der Waals surface area contributed by atoms with Gasteiger partial charge < -0.3 is 14.8 Å². The molecule has 1 aliphatic carbocycles. The Morgan fingerprint density at radius 2 is 2.00 bits per heavy atom. The Morgan fingerprint density at radius 1 is 1.26 bits per heavy atom. The van der Waals surface area contributed by atoms with Gasteiger partial charge in [0.25, 0.3) is 5.56 Å². The van der Waals surface area contributed by atoms with Crippen LogP contribution >= 0.6 is 11.3 Å². The summed E-state index contributed by atoms with van der Waals surface area (Å²) < 4.78 is 11.8. The Kier molecular flexibility index (Phi) is 7.17. The predicted molar refractivity (Wildman–Crippen MR) is 138 cm³/mol. The molecule has 0 saturated heterocycles. The van der Waals surface area contributed by atoms with Crippen LogP contribution in [0.25, 0.3) is 10.2 Å². The molecule has 4 rings (SSSR count). The van der Waals surface area contributed by atoms with Crippen molar-refractivity contribution in [1.29, 1.82) is 0 Å². The highest BCUT2D eigenvalue weighted by molar-refractivity contribution is 7.18. The summed E-state index contributed by atoms with van der Waals surface area (Å²) in [6, 6.07) is 4.91. The molecule has 2 unspecified atom stereocenters. The van der Waals surface area contributed by atoms with E-state index in [9.17, 15) is 9.59 Å². The number of thiophene rings is 1. The smallest absolute Gasteiger partial charge is 0.279 e. The van der Waals surface area contributed by atoms with Gasteiger partial charge in [-0.15, -0.1) is 16.4 Å². The summed E-state index contributed by atoms with van der Waals surface area (Å²) in [5.74, 6) is 1.62. The standard InChI is InChI=1S/C26H34N4O4S/c1-15(23(31)27-12-11-16-7-10-19(33-5)20(13-16)34-6)30-25(32)22-18-9-8-17(26(2,3)4)14-21(18)35-24(22)28-29-30/h7,10,13,15,17H,8-9,11-12,14H2,1-6H3,(H,27,31). The summed E-state index contributed by atoms with van der Waals surface area (Å²) in [5, 5.41) is 12.0. The van der Waals surface area contributed by atoms with Crippen molar-refractivity contribution in [2.75, 3.05) is 20.8 Å². The van der Waals surface area contributed by atoms with Crippen LogP contribution in [0.3, 0.4) is 0 Å². The number of benzene rings is 1. The van der Waals surface area contributed by atoms with Crippen LogP contribution in [-0.4, -0.2) is 41.7 Å². The van der Waals surface area contributed by atoms with E-state index in [0.717, 1.165) is 30.4 Å². The van der Waals surface area contributed by atoms with E-state index < -0.39 is 6.04 Å². The van der Waals surface area contributed by atoms with Crippen molar-refractivity contribution in [2.45, 2.75) is 59.4 Å². The number of hydrogen-bond donors (Lipinski definition) is 1. The minimum atomic E-state index is -0.758. The maximum Gasteiger partial charge on any atom is 0.279 e. The van der Waals surface area contributed by atoms with Gasteiger partial charge >= 0.3 is 0 Å². The number of ether oxygens (including phenoxy) is 2. The average molecular weight is 499 g/mol. The number of fused-ring (bicyclic) bond motifs is 3. The fourth-order valence-corrected chi connectivity index (χ4v) is 5.96. The molecule has 0 aliphatic heterocycles. The molecule has 0 spiro atoms. The maximum atomic E-state index is 13.4. The number of carbonyl (C=O) groups is 1. The van der Waals surface area contributed by atoms with Gasteiger partial charge in [-0.2, -0.15) is 4.68 Å². The van der Waals surface area contributed by atoms with E-state index in [-0.39, 0.29) is 16.9 Å². The highest BCUT2D eigenvalue weighted by atomic mass is 32.1. The fraction of sp³-hybridized carbons (Fsp3) is 0.538. The lowest BCUT2D eigenvalue weighted by Crippen LogP contribution is -2.38. The molecule has 8 nitrogen and oxygen atoms in total. The monoisotopic (exact) mass is 498 g/mol. The number of nitrogens with zero attached hydrogens (tertiary/aromatic N) is 3. The topological polar surface area (TPSA) is 95.3 Å². The summed E-state index contributed by atoms with van der Waals surface area (Å²) in [6.07, 6.45) is 3.50. The van der Waals surface area contributed by atoms with Crippen LogP contribution in [0, 0.1) is 11.3 Å². The van der Waals surface area contributed by atoms with Gasteiger partial charge in [-0.05, 0) is 67.2 Å². The van der Waals surface area contributed by atoms with Crippen LogP contribution in [0.5, 0.6) is 11.5 Å². The molecule has 2 atom stereocenters. The lowest BCUT2D eigenvalue weighted by atomic mass is 9.72. The molecule has 2 aromatic heterocycles. The quantitative estimate of drug-likeness (QED) is 0.530. The molecule has 3 aromatic rings. The molecular formula is C26H34N4O4S. The average Bonchev–Trinajstić information content (AvgIpc) is 3.21. The number of carbonyl (C=O) groups excluding carboxylic acids is 1. The van der Waals surface area contributed by atoms with E-state index in [2.05, 4.69) is 36.4 Å². The Balaban J connectivity index is 1.47. The molecule has 0 bridgehead atoms. The lowest BCUT2D eigenvalue weighted by Gasteiger charge is -2.33. The zero-order chi connectivity index (χ0) is 25.3. The van der Waals surface area contributed by atoms with Gasteiger partial charge in [-0.1, -0.05) is 32.1 Å². The molecule has 1 aliphatic rings. The van der Waals surface area contributed by atoms with Gasteiger partial charge in [0.1, 0.15) is 6.04 Å². The molecule has 1 N–H and O–H groups in total. The van der Waals surface area contributed by atoms with E-state index in [1.54, 1.807) is 32.5 Å². The zero-order valence-corrected chi connectivity index (χ0v) is 22.1. The Morgan fingerprint density at radius 3 is 2.69 bits per heavy atom. The van der Waals surface area contributed by atoms with Crippen LogP contribution in [0.2, 0.25) is 0 Å². The van der Waals surface area contributed by atoms with Crippen molar-refractivity contribution in [1.82, 2.24) is 20.3 Å². The van der Waals surface area contributed by atoms with Crippen molar-refractivity contribution in [3.05, 3.63) is 44.6 Å². The van der Waals surface area contributed by atoms with Gasteiger partial charge in [0.2, 0.25) is 5.91 Å². The maximum absolute atomic E-state index is 13.4. The summed E-state index contributed by atoms with van der Waals surface area (Å²) in [6.45, 7) is 8.92. The number of amides is 1. The van der Waals surface area contributed by atoms with Crippen LogP contribution in [-0.2, 0) is 24.1 Å².